The molecule has 0 heterocycles. The zero-order valence-corrected chi connectivity index (χ0v) is 6.59. The maximum atomic E-state index is 3.83. The van der Waals surface area contributed by atoms with E-state index in [1.54, 1.807) is 6.21 Å². The fourth-order valence-electron chi connectivity index (χ4n) is 0.569. The number of rotatable bonds is 4. The molecule has 0 aromatic carbocycles. The molecule has 0 aliphatic carbocycles. The van der Waals surface area contributed by atoms with Crippen LogP contribution in [0.15, 0.2) is 29.4 Å². The molecule has 0 spiro atoms. The van der Waals surface area contributed by atoms with Gasteiger partial charge in [0, 0.05) is 19.0 Å². The Bertz CT molecular complexity index is 145. The van der Waals surface area contributed by atoms with Gasteiger partial charge in [0.15, 0.2) is 0 Å². The minimum atomic E-state index is 0.906. The topological polar surface area (TPSA) is 24.4 Å². The van der Waals surface area contributed by atoms with Crippen LogP contribution in [0.1, 0.15) is 6.92 Å². The molecule has 0 aromatic heterocycles. The summed E-state index contributed by atoms with van der Waals surface area (Å²) in [6.45, 7) is 6.41. The standard InChI is InChI=1S/C8H14N2/c1-4-10-6-5-8(2)7-9-3/h4-6,9H,1,7H2,2-3H3/b8-5+,10-6-. The minimum Gasteiger partial charge on any atom is -0.316 e. The quantitative estimate of drug-likeness (QED) is 0.583. The molecule has 0 fully saturated rings. The fourth-order valence-corrected chi connectivity index (χ4v) is 0.569. The predicted octanol–water partition coefficient (Wildman–Crippen LogP) is 1.37. The Balaban J connectivity index is 3.67. The lowest BCUT2D eigenvalue weighted by Gasteiger charge is -1.94. The number of hydrogen-bond acceptors (Lipinski definition) is 2. The van der Waals surface area contributed by atoms with Gasteiger partial charge in [-0.1, -0.05) is 12.2 Å². The first-order valence-electron chi connectivity index (χ1n) is 3.25. The lowest BCUT2D eigenvalue weighted by atomic mass is 10.3. The molecule has 0 bridgehead atoms. The summed E-state index contributed by atoms with van der Waals surface area (Å²) in [7, 11) is 1.92. The smallest absolute Gasteiger partial charge is 0.0267 e. The Labute approximate surface area is 62.4 Å². The van der Waals surface area contributed by atoms with Crippen molar-refractivity contribution in [1.82, 2.24) is 5.32 Å². The van der Waals surface area contributed by atoms with E-state index in [1.807, 2.05) is 20.0 Å². The normalized spacial score (nSPS) is 12.4. The van der Waals surface area contributed by atoms with Gasteiger partial charge >= 0.3 is 0 Å². The van der Waals surface area contributed by atoms with E-state index in [4.69, 9.17) is 0 Å². The second kappa shape index (κ2) is 6.23. The van der Waals surface area contributed by atoms with Gasteiger partial charge in [0.2, 0.25) is 0 Å². The fraction of sp³-hybridized carbons (Fsp3) is 0.375. The molecule has 0 aliphatic heterocycles. The number of hydrogen-bond donors (Lipinski definition) is 1. The Morgan fingerprint density at radius 2 is 2.40 bits per heavy atom. The highest BCUT2D eigenvalue weighted by molar-refractivity contribution is 5.72. The van der Waals surface area contributed by atoms with Gasteiger partial charge < -0.3 is 5.32 Å². The third kappa shape index (κ3) is 5.25. The maximum absolute atomic E-state index is 3.83. The van der Waals surface area contributed by atoms with Crippen molar-refractivity contribution in [2.75, 3.05) is 13.6 Å². The molecule has 0 rings (SSSR count). The highest BCUT2D eigenvalue weighted by Gasteiger charge is 1.80. The van der Waals surface area contributed by atoms with E-state index < -0.39 is 0 Å². The molecular formula is C8H14N2. The van der Waals surface area contributed by atoms with E-state index in [0.29, 0.717) is 0 Å². The van der Waals surface area contributed by atoms with Gasteiger partial charge in [0.1, 0.15) is 0 Å². The summed E-state index contributed by atoms with van der Waals surface area (Å²) in [6.07, 6.45) is 5.21. The molecule has 0 atom stereocenters. The first-order chi connectivity index (χ1) is 4.81. The Morgan fingerprint density at radius 3 is 2.90 bits per heavy atom. The molecule has 10 heavy (non-hydrogen) atoms. The predicted molar refractivity (Wildman–Crippen MR) is 46.4 cm³/mol. The summed E-state index contributed by atoms with van der Waals surface area (Å²) in [5, 5.41) is 3.04. The molecule has 2 heteroatoms. The van der Waals surface area contributed by atoms with Crippen LogP contribution in [0.25, 0.3) is 0 Å². The van der Waals surface area contributed by atoms with E-state index >= 15 is 0 Å². The van der Waals surface area contributed by atoms with Crippen molar-refractivity contribution in [2.24, 2.45) is 4.99 Å². The van der Waals surface area contributed by atoms with Gasteiger partial charge in [0.05, 0.1) is 0 Å². The molecule has 2 nitrogen and oxygen atoms in total. The van der Waals surface area contributed by atoms with Crippen LogP contribution in [0.3, 0.4) is 0 Å². The van der Waals surface area contributed by atoms with Crippen LogP contribution < -0.4 is 5.32 Å². The number of allylic oxidation sites excluding steroid dienone is 1. The number of nitrogens with zero attached hydrogens (tertiary/aromatic N) is 1. The van der Waals surface area contributed by atoms with E-state index in [2.05, 4.69) is 16.9 Å². The average Bonchev–Trinajstić information content (AvgIpc) is 1.89. The summed E-state index contributed by atoms with van der Waals surface area (Å²) >= 11 is 0. The van der Waals surface area contributed by atoms with E-state index in [9.17, 15) is 0 Å². The van der Waals surface area contributed by atoms with Gasteiger partial charge in [-0.25, -0.2) is 0 Å². The molecule has 0 radical (unpaired) electrons. The highest BCUT2D eigenvalue weighted by atomic mass is 14.8. The van der Waals surface area contributed by atoms with Gasteiger partial charge in [-0.3, -0.25) is 4.99 Å². The van der Waals surface area contributed by atoms with E-state index in [1.165, 1.54) is 11.8 Å². The lowest BCUT2D eigenvalue weighted by Crippen LogP contribution is -2.08. The Kier molecular flexibility index (Phi) is 5.68. The van der Waals surface area contributed by atoms with Crippen molar-refractivity contribution in [3.8, 4) is 0 Å². The van der Waals surface area contributed by atoms with Crippen LogP contribution in [-0.4, -0.2) is 19.8 Å². The van der Waals surface area contributed by atoms with E-state index in [-0.39, 0.29) is 0 Å². The third-order valence-corrected chi connectivity index (χ3v) is 1.01. The molecule has 0 saturated heterocycles. The molecule has 1 N–H and O–H groups in total. The van der Waals surface area contributed by atoms with Crippen molar-refractivity contribution in [1.29, 1.82) is 0 Å². The first kappa shape index (κ1) is 9.11. The van der Waals surface area contributed by atoms with Gasteiger partial charge in [0.25, 0.3) is 0 Å². The maximum Gasteiger partial charge on any atom is 0.0267 e. The van der Waals surface area contributed by atoms with Gasteiger partial charge in [-0.15, -0.1) is 0 Å². The summed E-state index contributed by atoms with van der Waals surface area (Å²) in [5.41, 5.74) is 1.26. The van der Waals surface area contributed by atoms with Crippen LogP contribution in [-0.2, 0) is 0 Å². The summed E-state index contributed by atoms with van der Waals surface area (Å²) in [5.74, 6) is 0. The van der Waals surface area contributed by atoms with Crippen molar-refractivity contribution in [3.63, 3.8) is 0 Å². The lowest BCUT2D eigenvalue weighted by molar-refractivity contribution is 0.881. The molecule has 0 aliphatic rings. The van der Waals surface area contributed by atoms with Crippen molar-refractivity contribution < 1.29 is 0 Å². The van der Waals surface area contributed by atoms with Crippen LogP contribution in [0.4, 0.5) is 0 Å². The second-order valence-electron chi connectivity index (χ2n) is 2.02. The van der Waals surface area contributed by atoms with Crippen LogP contribution in [0.2, 0.25) is 0 Å². The number of likely N-dealkylation sites (N-methyl/N-ethyl adjacent to an activating group) is 1. The number of nitrogens with one attached hydrogen (secondary N) is 1. The molecule has 0 aromatic rings. The third-order valence-electron chi connectivity index (χ3n) is 1.01. The number of aliphatic imine (C=N–C) groups is 1. The minimum absolute atomic E-state index is 0.906. The van der Waals surface area contributed by atoms with Gasteiger partial charge in [-0.2, -0.15) is 0 Å². The van der Waals surface area contributed by atoms with E-state index in [0.717, 1.165) is 6.54 Å². The Hall–Kier alpha value is -0.890. The Morgan fingerprint density at radius 1 is 1.70 bits per heavy atom. The highest BCUT2D eigenvalue weighted by Crippen LogP contribution is 1.85. The molecule has 0 unspecified atom stereocenters. The SMILES string of the molecule is C=C/N=C\C=C(/C)CNC. The van der Waals surface area contributed by atoms with Crippen molar-refractivity contribution in [2.45, 2.75) is 6.92 Å². The summed E-state index contributed by atoms with van der Waals surface area (Å²) in [4.78, 5) is 3.83. The summed E-state index contributed by atoms with van der Waals surface area (Å²) < 4.78 is 0. The average molecular weight is 138 g/mol. The monoisotopic (exact) mass is 138 g/mol. The van der Waals surface area contributed by atoms with Crippen LogP contribution >= 0.6 is 0 Å². The van der Waals surface area contributed by atoms with Crippen molar-refractivity contribution >= 4 is 6.21 Å². The second-order valence-corrected chi connectivity index (χ2v) is 2.02. The van der Waals surface area contributed by atoms with Crippen molar-refractivity contribution in [3.05, 3.63) is 24.4 Å². The molecular weight excluding hydrogens is 124 g/mol. The van der Waals surface area contributed by atoms with Crippen LogP contribution in [0, 0.1) is 0 Å². The zero-order valence-electron chi connectivity index (χ0n) is 6.59. The molecule has 0 saturated carbocycles. The molecule has 0 amide bonds. The molecule has 56 valence electrons. The first-order valence-corrected chi connectivity index (χ1v) is 3.25. The van der Waals surface area contributed by atoms with Crippen LogP contribution in [0.5, 0.6) is 0 Å². The summed E-state index contributed by atoms with van der Waals surface area (Å²) in [6, 6.07) is 0. The largest absolute Gasteiger partial charge is 0.316 e. The zero-order chi connectivity index (χ0) is 7.82. The van der Waals surface area contributed by atoms with Gasteiger partial charge in [-0.05, 0) is 20.0 Å².